The third-order valence-corrected chi connectivity index (χ3v) is 7.53. The van der Waals surface area contributed by atoms with Crippen molar-refractivity contribution in [1.29, 1.82) is 0 Å². The number of ether oxygens (including phenoxy) is 1. The number of rotatable bonds is 11. The highest BCUT2D eigenvalue weighted by Gasteiger charge is 2.27. The molecule has 0 aliphatic heterocycles. The molecule has 0 saturated carbocycles. The molecule has 0 radical (unpaired) electrons. The van der Waals surface area contributed by atoms with E-state index in [2.05, 4.69) is 15.1 Å². The van der Waals surface area contributed by atoms with Gasteiger partial charge in [0.1, 0.15) is 22.2 Å². The number of benzene rings is 2. The van der Waals surface area contributed by atoms with Gasteiger partial charge in [0.2, 0.25) is 21.8 Å². The van der Waals surface area contributed by atoms with Gasteiger partial charge in [-0.3, -0.25) is 4.79 Å². The van der Waals surface area contributed by atoms with Crippen LogP contribution in [-0.2, 0) is 21.4 Å². The first-order valence-corrected chi connectivity index (χ1v) is 13.7. The summed E-state index contributed by atoms with van der Waals surface area (Å²) in [5.74, 6) is -2.53. The molecule has 0 saturated heterocycles. The molecule has 40 heavy (non-hydrogen) atoms. The molecule has 11 nitrogen and oxygen atoms in total. The van der Waals surface area contributed by atoms with E-state index in [4.69, 9.17) is 9.15 Å². The monoisotopic (exact) mass is 570 g/mol. The molecule has 0 fully saturated rings. The Morgan fingerprint density at radius 2 is 1.95 bits per heavy atom. The van der Waals surface area contributed by atoms with Gasteiger partial charge in [-0.05, 0) is 61.9 Å². The van der Waals surface area contributed by atoms with Crippen molar-refractivity contribution in [2.45, 2.75) is 38.6 Å². The van der Waals surface area contributed by atoms with Gasteiger partial charge in [0, 0.05) is 17.2 Å². The second-order valence-electron chi connectivity index (χ2n) is 8.94. The van der Waals surface area contributed by atoms with Crippen molar-refractivity contribution < 1.29 is 36.7 Å². The zero-order valence-electron chi connectivity index (χ0n) is 21.8. The van der Waals surface area contributed by atoms with Gasteiger partial charge in [-0.2, -0.15) is 9.78 Å². The first-order chi connectivity index (χ1) is 19.0. The van der Waals surface area contributed by atoms with E-state index in [0.29, 0.717) is 12.2 Å². The van der Waals surface area contributed by atoms with Crippen LogP contribution in [0.2, 0.25) is 0 Å². The highest BCUT2D eigenvalue weighted by molar-refractivity contribution is 7.89. The van der Waals surface area contributed by atoms with Crippen LogP contribution in [0.3, 0.4) is 0 Å². The number of furan rings is 1. The lowest BCUT2D eigenvalue weighted by Gasteiger charge is -2.16. The molecular weight excluding hydrogens is 543 g/mol. The molecule has 13 heteroatoms. The number of nitrogens with one attached hydrogen (secondary N) is 2. The number of aromatic nitrogens is 2. The zero-order valence-corrected chi connectivity index (χ0v) is 22.7. The van der Waals surface area contributed by atoms with Crippen molar-refractivity contribution in [2.24, 2.45) is 5.92 Å². The maximum absolute atomic E-state index is 14.0. The van der Waals surface area contributed by atoms with Crippen LogP contribution in [0.1, 0.15) is 42.1 Å². The third kappa shape index (κ3) is 6.21. The second-order valence-corrected chi connectivity index (χ2v) is 10.7. The van der Waals surface area contributed by atoms with Gasteiger partial charge in [0.25, 0.3) is 0 Å². The van der Waals surface area contributed by atoms with Gasteiger partial charge in [-0.1, -0.05) is 19.9 Å². The lowest BCUT2D eigenvalue weighted by atomic mass is 10.1. The molecule has 210 valence electrons. The van der Waals surface area contributed by atoms with E-state index in [1.165, 1.54) is 49.6 Å². The van der Waals surface area contributed by atoms with E-state index in [1.54, 1.807) is 19.1 Å². The van der Waals surface area contributed by atoms with E-state index in [1.807, 2.05) is 6.92 Å². The summed E-state index contributed by atoms with van der Waals surface area (Å²) in [6.45, 7) is 4.87. The Labute approximate surface area is 229 Å². The van der Waals surface area contributed by atoms with E-state index < -0.39 is 21.8 Å². The van der Waals surface area contributed by atoms with Gasteiger partial charge in [-0.15, -0.1) is 0 Å². The fourth-order valence-electron chi connectivity index (χ4n) is 3.68. The van der Waals surface area contributed by atoms with Crippen LogP contribution in [0.25, 0.3) is 5.69 Å². The standard InChI is InChI=1S/C27H27FN4O7S/c1-4-16(2)25(33)30-19-10-11-22(23(14-19)40(36,37)29-15-21-9-6-12-38-21)39-26-17(3)24(27(34)35)31-32(26)20-8-5-7-18(28)13-20/h5-14,16,29H,4,15H2,1-3H3,(H,30,33)(H,34,35). The molecule has 4 rings (SSSR count). The third-order valence-electron chi connectivity index (χ3n) is 6.11. The number of amides is 1. The van der Waals surface area contributed by atoms with Crippen molar-refractivity contribution in [2.75, 3.05) is 5.32 Å². The Bertz CT molecular complexity index is 1650. The van der Waals surface area contributed by atoms with Gasteiger partial charge >= 0.3 is 5.97 Å². The molecule has 1 atom stereocenters. The second kappa shape index (κ2) is 11.7. The SMILES string of the molecule is CCC(C)C(=O)Nc1ccc(Oc2c(C)c(C(=O)O)nn2-c2cccc(F)c2)c(S(=O)(=O)NCc2ccco2)c1. The maximum atomic E-state index is 14.0. The molecule has 2 heterocycles. The van der Waals surface area contributed by atoms with Crippen LogP contribution in [0.15, 0.2) is 70.2 Å². The predicted octanol–water partition coefficient (Wildman–Crippen LogP) is 4.87. The summed E-state index contributed by atoms with van der Waals surface area (Å²) in [5, 5.41) is 16.4. The number of anilines is 1. The van der Waals surface area contributed by atoms with Gasteiger partial charge in [-0.25, -0.2) is 22.3 Å². The van der Waals surface area contributed by atoms with E-state index in [9.17, 15) is 27.5 Å². The van der Waals surface area contributed by atoms with E-state index in [0.717, 1.165) is 10.7 Å². The molecule has 3 N–H and O–H groups in total. The zero-order chi connectivity index (χ0) is 29.0. The number of carboxylic acid groups (broad SMARTS) is 1. The Balaban J connectivity index is 1.80. The summed E-state index contributed by atoms with van der Waals surface area (Å²) >= 11 is 0. The van der Waals surface area contributed by atoms with Gasteiger partial charge < -0.3 is 19.6 Å². The Hall–Kier alpha value is -4.49. The molecule has 4 aromatic rings. The summed E-state index contributed by atoms with van der Waals surface area (Å²) < 4.78 is 55.6. The average Bonchev–Trinajstić information content (AvgIpc) is 3.56. The number of aromatic carboxylic acids is 1. The Morgan fingerprint density at radius 1 is 1.18 bits per heavy atom. The topological polar surface area (TPSA) is 153 Å². The van der Waals surface area contributed by atoms with Crippen LogP contribution in [0.5, 0.6) is 11.6 Å². The molecule has 2 aromatic carbocycles. The average molecular weight is 571 g/mol. The number of sulfonamides is 1. The van der Waals surface area contributed by atoms with Crippen LogP contribution >= 0.6 is 0 Å². The molecular formula is C27H27FN4O7S. The van der Waals surface area contributed by atoms with Crippen molar-refractivity contribution in [3.8, 4) is 17.3 Å². The number of carbonyl (C=O) groups is 2. The van der Waals surface area contributed by atoms with Crippen LogP contribution in [0, 0.1) is 18.7 Å². The van der Waals surface area contributed by atoms with Crippen LogP contribution < -0.4 is 14.8 Å². The lowest BCUT2D eigenvalue weighted by Crippen LogP contribution is -2.24. The summed E-state index contributed by atoms with van der Waals surface area (Å²) in [7, 11) is -4.27. The largest absolute Gasteiger partial charge is 0.476 e. The minimum absolute atomic E-state index is 0.0813. The van der Waals surface area contributed by atoms with E-state index >= 15 is 0 Å². The number of hydrogen-bond acceptors (Lipinski definition) is 7. The summed E-state index contributed by atoms with van der Waals surface area (Å²) in [4.78, 5) is 24.0. The fourth-order valence-corrected chi connectivity index (χ4v) is 4.82. The molecule has 0 aliphatic carbocycles. The fraction of sp³-hybridized carbons (Fsp3) is 0.222. The molecule has 0 bridgehead atoms. The van der Waals surface area contributed by atoms with Crippen LogP contribution in [-0.4, -0.2) is 35.2 Å². The summed E-state index contributed by atoms with van der Waals surface area (Å²) in [5.41, 5.74) is 0.0795. The Kier molecular flexibility index (Phi) is 8.35. The number of nitrogens with zero attached hydrogens (tertiary/aromatic N) is 2. The molecule has 1 amide bonds. The molecule has 0 spiro atoms. The van der Waals surface area contributed by atoms with Gasteiger partial charge in [0.05, 0.1) is 18.5 Å². The number of halogens is 1. The lowest BCUT2D eigenvalue weighted by molar-refractivity contribution is -0.119. The van der Waals surface area contributed by atoms with Crippen molar-refractivity contribution in [3.05, 3.63) is 83.7 Å². The highest BCUT2D eigenvalue weighted by atomic mass is 32.2. The molecule has 1 unspecified atom stereocenters. The smallest absolute Gasteiger partial charge is 0.356 e. The van der Waals surface area contributed by atoms with E-state index in [-0.39, 0.29) is 57.5 Å². The summed E-state index contributed by atoms with van der Waals surface area (Å²) in [6, 6.07) is 12.5. The van der Waals surface area contributed by atoms with Crippen LogP contribution in [0.4, 0.5) is 10.1 Å². The number of carbonyl (C=O) groups excluding carboxylic acids is 1. The highest BCUT2D eigenvalue weighted by Crippen LogP contribution is 2.35. The molecule has 0 aliphatic rings. The quantitative estimate of drug-likeness (QED) is 0.231. The molecule has 2 aromatic heterocycles. The first-order valence-electron chi connectivity index (χ1n) is 12.2. The maximum Gasteiger partial charge on any atom is 0.356 e. The van der Waals surface area contributed by atoms with Crippen molar-refractivity contribution >= 4 is 27.6 Å². The minimum Gasteiger partial charge on any atom is -0.476 e. The Morgan fingerprint density at radius 3 is 2.60 bits per heavy atom. The normalized spacial score (nSPS) is 12.2. The minimum atomic E-state index is -4.27. The number of hydrogen-bond donors (Lipinski definition) is 3. The first kappa shape index (κ1) is 28.5. The van der Waals surface area contributed by atoms with Crippen molar-refractivity contribution in [1.82, 2.24) is 14.5 Å². The van der Waals surface area contributed by atoms with Gasteiger partial charge in [0.15, 0.2) is 5.69 Å². The van der Waals surface area contributed by atoms with Crippen molar-refractivity contribution in [3.63, 3.8) is 0 Å². The predicted molar refractivity (Wildman–Crippen MR) is 143 cm³/mol. The number of carboxylic acids is 1. The summed E-state index contributed by atoms with van der Waals surface area (Å²) in [6.07, 6.45) is 1.98.